The molecule has 4 rings (SSSR count). The molecule has 0 saturated carbocycles. The molecule has 1 saturated heterocycles. The highest BCUT2D eigenvalue weighted by Gasteiger charge is 2.62. The fourth-order valence-corrected chi connectivity index (χ4v) is 5.18. The lowest BCUT2D eigenvalue weighted by Gasteiger charge is -2.35. The van der Waals surface area contributed by atoms with Gasteiger partial charge in [0.1, 0.15) is 0 Å². The number of rotatable bonds is 2. The third kappa shape index (κ3) is 2.42. The van der Waals surface area contributed by atoms with Crippen LogP contribution in [0.5, 0.6) is 0 Å². The number of benzene rings is 2. The summed E-state index contributed by atoms with van der Waals surface area (Å²) in [6.45, 7) is 1.55. The molecular formula is C22H16IN3O. The molecular weight excluding hydrogens is 449 g/mol. The van der Waals surface area contributed by atoms with E-state index >= 15 is 0 Å². The van der Waals surface area contributed by atoms with Crippen LogP contribution in [0, 0.1) is 31.6 Å². The molecule has 0 unspecified atom stereocenters. The highest BCUT2D eigenvalue weighted by molar-refractivity contribution is 14.1. The first-order valence-corrected chi connectivity index (χ1v) is 9.76. The average Bonchev–Trinajstić information content (AvgIpc) is 2.99. The van der Waals surface area contributed by atoms with Gasteiger partial charge < -0.3 is 4.90 Å². The predicted octanol–water partition coefficient (Wildman–Crippen LogP) is 4.28. The van der Waals surface area contributed by atoms with E-state index < -0.39 is 23.4 Å². The lowest BCUT2D eigenvalue weighted by atomic mass is 9.69. The second-order valence-corrected chi connectivity index (χ2v) is 8.08. The molecule has 2 aliphatic heterocycles. The van der Waals surface area contributed by atoms with Crippen LogP contribution in [-0.4, -0.2) is 17.9 Å². The summed E-state index contributed by atoms with van der Waals surface area (Å²) in [6, 6.07) is 19.1. The molecule has 2 aromatic carbocycles. The first-order valence-electron chi connectivity index (χ1n) is 8.68. The number of hydrogen-bond acceptors (Lipinski definition) is 4. The van der Waals surface area contributed by atoms with Gasteiger partial charge >= 0.3 is 0 Å². The molecule has 1 fully saturated rings. The number of nitrogens with zero attached hydrogens (tertiary/aromatic N) is 3. The van der Waals surface area contributed by atoms with E-state index in [-0.39, 0.29) is 5.78 Å². The van der Waals surface area contributed by atoms with E-state index in [0.717, 1.165) is 20.4 Å². The Labute approximate surface area is 171 Å². The van der Waals surface area contributed by atoms with E-state index in [4.69, 9.17) is 0 Å². The van der Waals surface area contributed by atoms with Gasteiger partial charge in [0.15, 0.2) is 11.2 Å². The molecule has 0 bridgehead atoms. The number of para-hydroxylation sites is 1. The first-order chi connectivity index (χ1) is 13.0. The van der Waals surface area contributed by atoms with Crippen LogP contribution in [-0.2, 0) is 4.79 Å². The van der Waals surface area contributed by atoms with Gasteiger partial charge in [0.05, 0.1) is 24.2 Å². The maximum absolute atomic E-state index is 12.8. The van der Waals surface area contributed by atoms with Crippen LogP contribution in [0.2, 0.25) is 0 Å². The molecule has 0 aromatic heterocycles. The van der Waals surface area contributed by atoms with Crippen molar-refractivity contribution in [1.82, 2.24) is 0 Å². The van der Waals surface area contributed by atoms with Gasteiger partial charge in [-0.3, -0.25) is 4.79 Å². The van der Waals surface area contributed by atoms with Gasteiger partial charge in [-0.25, -0.2) is 0 Å². The molecule has 0 amide bonds. The monoisotopic (exact) mass is 465 g/mol. The highest BCUT2D eigenvalue weighted by atomic mass is 127. The van der Waals surface area contributed by atoms with E-state index in [1.807, 2.05) is 65.6 Å². The fraction of sp³-hybridized carbons (Fsp3) is 0.227. The molecule has 2 heterocycles. The lowest BCUT2D eigenvalue weighted by molar-refractivity contribution is -0.118. The van der Waals surface area contributed by atoms with E-state index in [2.05, 4.69) is 34.7 Å². The van der Waals surface area contributed by atoms with Crippen molar-refractivity contribution in [3.63, 3.8) is 0 Å². The van der Waals surface area contributed by atoms with Gasteiger partial charge in [0, 0.05) is 15.2 Å². The van der Waals surface area contributed by atoms with Crippen molar-refractivity contribution in [2.75, 3.05) is 4.90 Å². The summed E-state index contributed by atoms with van der Waals surface area (Å²) in [5.41, 5.74) is 1.42. The Morgan fingerprint density at radius 3 is 2.44 bits per heavy atom. The van der Waals surface area contributed by atoms with E-state index in [1.165, 1.54) is 0 Å². The number of hydrogen-bond donors (Lipinski definition) is 0. The second-order valence-electron chi connectivity index (χ2n) is 6.92. The zero-order valence-electron chi connectivity index (χ0n) is 14.6. The number of ketones is 1. The summed E-state index contributed by atoms with van der Waals surface area (Å²) in [6.07, 6.45) is 3.86. The zero-order valence-corrected chi connectivity index (χ0v) is 16.8. The Morgan fingerprint density at radius 1 is 1.11 bits per heavy atom. The molecule has 27 heavy (non-hydrogen) atoms. The van der Waals surface area contributed by atoms with Gasteiger partial charge in [-0.2, -0.15) is 10.5 Å². The van der Waals surface area contributed by atoms with Gasteiger partial charge in [-0.05, 0) is 52.8 Å². The largest absolute Gasteiger partial charge is 0.351 e. The van der Waals surface area contributed by atoms with E-state index in [9.17, 15) is 15.3 Å². The quantitative estimate of drug-likeness (QED) is 0.621. The molecule has 2 aromatic rings. The minimum atomic E-state index is -1.35. The van der Waals surface area contributed by atoms with Crippen LogP contribution in [0.15, 0.2) is 54.6 Å². The number of fused-ring (bicyclic) bond motifs is 3. The van der Waals surface area contributed by atoms with Crippen molar-refractivity contribution < 1.29 is 4.79 Å². The third-order valence-corrected chi connectivity index (χ3v) is 6.55. The van der Waals surface area contributed by atoms with Gasteiger partial charge in [0.25, 0.3) is 0 Å². The number of Topliss-reactive ketones (excluding diaryl/α,β-unsaturated/α-hetero) is 1. The molecule has 0 aliphatic carbocycles. The molecule has 4 nitrogen and oxygen atoms in total. The molecule has 0 radical (unpaired) electrons. The number of carbonyl (C=O) groups is 1. The van der Waals surface area contributed by atoms with Gasteiger partial charge in [0.2, 0.25) is 0 Å². The number of anilines is 1. The Morgan fingerprint density at radius 2 is 1.78 bits per heavy atom. The second kappa shape index (κ2) is 6.51. The molecule has 0 spiro atoms. The molecule has 3 atom stereocenters. The van der Waals surface area contributed by atoms with Crippen molar-refractivity contribution in [2.24, 2.45) is 5.41 Å². The lowest BCUT2D eigenvalue weighted by Crippen LogP contribution is -2.43. The predicted molar refractivity (Wildman–Crippen MR) is 112 cm³/mol. The van der Waals surface area contributed by atoms with Crippen LogP contribution in [0.4, 0.5) is 5.69 Å². The van der Waals surface area contributed by atoms with E-state index in [0.29, 0.717) is 0 Å². The normalized spacial score (nSPS) is 24.4. The van der Waals surface area contributed by atoms with Gasteiger partial charge in [-0.15, -0.1) is 0 Å². The van der Waals surface area contributed by atoms with Crippen LogP contribution in [0.3, 0.4) is 0 Å². The molecule has 2 aliphatic rings. The Balaban J connectivity index is 2.03. The summed E-state index contributed by atoms with van der Waals surface area (Å²) in [5.74, 6) is -0.568. The van der Waals surface area contributed by atoms with E-state index in [1.54, 1.807) is 6.92 Å². The summed E-state index contributed by atoms with van der Waals surface area (Å²) in [5, 5.41) is 20.4. The van der Waals surface area contributed by atoms with Crippen molar-refractivity contribution in [2.45, 2.75) is 24.9 Å². The smallest absolute Gasteiger partial charge is 0.176 e. The number of nitriles is 2. The summed E-state index contributed by atoms with van der Waals surface area (Å²) in [7, 11) is 0. The minimum absolute atomic E-state index is 0.0397. The molecule has 5 heteroatoms. The third-order valence-electron chi connectivity index (χ3n) is 5.57. The van der Waals surface area contributed by atoms with Gasteiger partial charge in [-0.1, -0.05) is 48.6 Å². The van der Waals surface area contributed by atoms with Crippen LogP contribution in [0.25, 0.3) is 6.08 Å². The van der Waals surface area contributed by atoms with Crippen molar-refractivity contribution in [3.05, 3.63) is 69.3 Å². The SMILES string of the molecule is CC(=O)[C@@H]1[C@H](c2ccccc2I)C(C#N)(C#N)[C@@H]2C=Cc3ccccc3N12. The van der Waals surface area contributed by atoms with Crippen LogP contribution >= 0.6 is 22.6 Å². The van der Waals surface area contributed by atoms with Crippen molar-refractivity contribution >= 4 is 40.1 Å². The van der Waals surface area contributed by atoms with Crippen LogP contribution in [0.1, 0.15) is 24.0 Å². The first kappa shape index (κ1) is 17.8. The molecule has 0 N–H and O–H groups in total. The zero-order chi connectivity index (χ0) is 19.2. The minimum Gasteiger partial charge on any atom is -0.351 e. The maximum atomic E-state index is 12.8. The topological polar surface area (TPSA) is 67.9 Å². The highest BCUT2D eigenvalue weighted by Crippen LogP contribution is 2.55. The van der Waals surface area contributed by atoms with Crippen molar-refractivity contribution in [3.8, 4) is 12.1 Å². The average molecular weight is 465 g/mol. The van der Waals surface area contributed by atoms with Crippen molar-refractivity contribution in [1.29, 1.82) is 10.5 Å². The number of carbonyl (C=O) groups excluding carboxylic acids is 1. The number of halogens is 1. The Hall–Kier alpha value is -2.64. The molecule has 132 valence electrons. The standard InChI is InChI=1S/C22H16IN3O/c1-14(27)21-20(16-7-3-4-8-17(16)23)22(12-24,13-25)19-11-10-15-6-2-5-9-18(15)26(19)21/h2-11,19-21H,1H3/t19-,20-,21+/m0/s1. The summed E-state index contributed by atoms with van der Waals surface area (Å²) >= 11 is 2.22. The summed E-state index contributed by atoms with van der Waals surface area (Å²) < 4.78 is 0.957. The Kier molecular flexibility index (Phi) is 4.28. The Bertz CT molecular complexity index is 1030. The van der Waals surface area contributed by atoms with Crippen LogP contribution < -0.4 is 4.90 Å². The fourth-order valence-electron chi connectivity index (χ4n) is 4.46. The summed E-state index contributed by atoms with van der Waals surface area (Å²) in [4.78, 5) is 14.8. The maximum Gasteiger partial charge on any atom is 0.176 e.